The normalized spacial score (nSPS) is 25.8. The number of ether oxygens (including phenoxy) is 1. The first-order chi connectivity index (χ1) is 11.2. The number of carbonyl (C=O) groups excluding carboxylic acids is 2. The van der Waals surface area contributed by atoms with Gasteiger partial charge in [0.2, 0.25) is 5.91 Å². The average molecular weight is 338 g/mol. The van der Waals surface area contributed by atoms with E-state index in [4.69, 9.17) is 4.74 Å². The van der Waals surface area contributed by atoms with Gasteiger partial charge in [-0.25, -0.2) is 4.79 Å². The zero-order valence-electron chi connectivity index (χ0n) is 16.0. The van der Waals surface area contributed by atoms with Crippen molar-refractivity contribution >= 4 is 12.0 Å². The molecule has 1 aliphatic heterocycles. The van der Waals surface area contributed by atoms with Gasteiger partial charge in [0.05, 0.1) is 0 Å². The summed E-state index contributed by atoms with van der Waals surface area (Å²) >= 11 is 0. The highest BCUT2D eigenvalue weighted by molar-refractivity contribution is 5.79. The van der Waals surface area contributed by atoms with Crippen LogP contribution in [0.2, 0.25) is 0 Å². The van der Waals surface area contributed by atoms with Gasteiger partial charge in [0, 0.05) is 32.1 Å². The third kappa shape index (κ3) is 5.12. The lowest BCUT2D eigenvalue weighted by Crippen LogP contribution is -2.53. The number of rotatable bonds is 2. The van der Waals surface area contributed by atoms with E-state index in [0.717, 1.165) is 24.7 Å². The third-order valence-electron chi connectivity index (χ3n) is 5.31. The zero-order valence-corrected chi connectivity index (χ0v) is 16.0. The Labute approximate surface area is 146 Å². The van der Waals surface area contributed by atoms with Gasteiger partial charge < -0.3 is 14.5 Å². The van der Waals surface area contributed by atoms with Crippen molar-refractivity contribution in [1.29, 1.82) is 0 Å². The molecule has 1 aliphatic carbocycles. The summed E-state index contributed by atoms with van der Waals surface area (Å²) in [6, 6.07) is 0. The lowest BCUT2D eigenvalue weighted by Gasteiger charge is -2.38. The molecule has 5 heteroatoms. The Bertz CT molecular complexity index is 440. The van der Waals surface area contributed by atoms with Crippen LogP contribution in [0.15, 0.2) is 0 Å². The molecule has 0 aromatic carbocycles. The summed E-state index contributed by atoms with van der Waals surface area (Å²) in [5, 5.41) is 0. The molecule has 2 aliphatic rings. The van der Waals surface area contributed by atoms with E-state index < -0.39 is 5.60 Å². The lowest BCUT2D eigenvalue weighted by atomic mass is 9.76. The molecule has 0 aromatic rings. The van der Waals surface area contributed by atoms with Crippen molar-refractivity contribution in [3.8, 4) is 0 Å². The second kappa shape index (κ2) is 7.75. The monoisotopic (exact) mass is 338 g/mol. The van der Waals surface area contributed by atoms with Gasteiger partial charge >= 0.3 is 6.09 Å². The van der Waals surface area contributed by atoms with Gasteiger partial charge in [0.1, 0.15) is 5.60 Å². The van der Waals surface area contributed by atoms with E-state index >= 15 is 0 Å². The zero-order chi connectivity index (χ0) is 17.9. The molecule has 0 radical (unpaired) electrons. The molecule has 1 saturated heterocycles. The van der Waals surface area contributed by atoms with Crippen LogP contribution in [-0.2, 0) is 9.53 Å². The van der Waals surface area contributed by atoms with E-state index in [2.05, 4.69) is 13.8 Å². The Kier molecular flexibility index (Phi) is 6.16. The minimum atomic E-state index is -0.473. The second-order valence-electron chi connectivity index (χ2n) is 8.65. The van der Waals surface area contributed by atoms with Crippen molar-refractivity contribution in [1.82, 2.24) is 9.80 Å². The van der Waals surface area contributed by atoms with Gasteiger partial charge in [-0.1, -0.05) is 13.8 Å². The van der Waals surface area contributed by atoms with Crippen LogP contribution in [0, 0.1) is 17.8 Å². The minimum Gasteiger partial charge on any atom is -0.444 e. The quantitative estimate of drug-likeness (QED) is 0.774. The highest BCUT2D eigenvalue weighted by atomic mass is 16.6. The standard InChI is InChI=1S/C19H34N2O3/c1-14(2)15-6-8-16(9-7-15)17(22)20-10-12-21(13-11-20)18(23)24-19(3,4)5/h14-16H,6-13H2,1-5H3. The summed E-state index contributed by atoms with van der Waals surface area (Å²) in [7, 11) is 0. The van der Waals surface area contributed by atoms with Crippen molar-refractivity contribution in [2.45, 2.75) is 65.9 Å². The maximum Gasteiger partial charge on any atom is 0.410 e. The Balaban J connectivity index is 1.78. The van der Waals surface area contributed by atoms with Crippen LogP contribution in [0.25, 0.3) is 0 Å². The summed E-state index contributed by atoms with van der Waals surface area (Å²) in [5.41, 5.74) is -0.473. The molecule has 5 nitrogen and oxygen atoms in total. The fourth-order valence-electron chi connectivity index (χ4n) is 3.73. The van der Waals surface area contributed by atoms with Gasteiger partial charge in [-0.05, 0) is 58.3 Å². The first-order valence-electron chi connectivity index (χ1n) is 9.44. The van der Waals surface area contributed by atoms with E-state index in [1.54, 1.807) is 4.90 Å². The number of hydrogen-bond donors (Lipinski definition) is 0. The molecule has 0 unspecified atom stereocenters. The van der Waals surface area contributed by atoms with Crippen LogP contribution < -0.4 is 0 Å². The number of carbonyl (C=O) groups is 2. The molecular formula is C19H34N2O3. The van der Waals surface area contributed by atoms with Gasteiger partial charge in [0.25, 0.3) is 0 Å². The second-order valence-corrected chi connectivity index (χ2v) is 8.65. The molecule has 1 heterocycles. The van der Waals surface area contributed by atoms with Crippen molar-refractivity contribution in [2.24, 2.45) is 17.8 Å². The van der Waals surface area contributed by atoms with E-state index in [9.17, 15) is 9.59 Å². The molecule has 1 saturated carbocycles. The highest BCUT2D eigenvalue weighted by Crippen LogP contribution is 2.34. The molecule has 2 amide bonds. The minimum absolute atomic E-state index is 0.188. The number of piperazine rings is 1. The molecule has 2 fully saturated rings. The van der Waals surface area contributed by atoms with E-state index in [1.165, 1.54) is 12.8 Å². The molecule has 0 atom stereocenters. The van der Waals surface area contributed by atoms with E-state index in [0.29, 0.717) is 32.1 Å². The van der Waals surface area contributed by atoms with Crippen molar-refractivity contribution < 1.29 is 14.3 Å². The fourth-order valence-corrected chi connectivity index (χ4v) is 3.73. The maximum atomic E-state index is 12.7. The molecule has 0 N–H and O–H groups in total. The van der Waals surface area contributed by atoms with Gasteiger partial charge in [-0.2, -0.15) is 0 Å². The van der Waals surface area contributed by atoms with E-state index in [1.807, 2.05) is 25.7 Å². The Morgan fingerprint density at radius 1 is 0.917 bits per heavy atom. The molecule has 24 heavy (non-hydrogen) atoms. The smallest absolute Gasteiger partial charge is 0.410 e. The van der Waals surface area contributed by atoms with Gasteiger partial charge in [0.15, 0.2) is 0 Å². The summed E-state index contributed by atoms with van der Waals surface area (Å²) in [4.78, 5) is 28.5. The third-order valence-corrected chi connectivity index (χ3v) is 5.31. The molecule has 138 valence electrons. The molecule has 0 bridgehead atoms. The first-order valence-corrected chi connectivity index (χ1v) is 9.44. The Hall–Kier alpha value is -1.26. The molecule has 2 rings (SSSR count). The fraction of sp³-hybridized carbons (Fsp3) is 0.895. The van der Waals surface area contributed by atoms with Crippen molar-refractivity contribution in [2.75, 3.05) is 26.2 Å². The topological polar surface area (TPSA) is 49.9 Å². The summed E-state index contributed by atoms with van der Waals surface area (Å²) < 4.78 is 5.41. The predicted molar refractivity (Wildman–Crippen MR) is 94.7 cm³/mol. The first kappa shape index (κ1) is 19.1. The molecule has 0 spiro atoms. The van der Waals surface area contributed by atoms with Crippen LogP contribution in [0.4, 0.5) is 4.79 Å². The summed E-state index contributed by atoms with van der Waals surface area (Å²) in [6.07, 6.45) is 4.12. The largest absolute Gasteiger partial charge is 0.444 e. The number of nitrogens with zero attached hydrogens (tertiary/aromatic N) is 2. The predicted octanol–water partition coefficient (Wildman–Crippen LogP) is 3.53. The van der Waals surface area contributed by atoms with Crippen molar-refractivity contribution in [3.63, 3.8) is 0 Å². The van der Waals surface area contributed by atoms with Gasteiger partial charge in [-0.15, -0.1) is 0 Å². The molecular weight excluding hydrogens is 304 g/mol. The van der Waals surface area contributed by atoms with Crippen LogP contribution in [0.5, 0.6) is 0 Å². The van der Waals surface area contributed by atoms with Crippen LogP contribution in [0.1, 0.15) is 60.3 Å². The molecule has 0 aromatic heterocycles. The van der Waals surface area contributed by atoms with Crippen LogP contribution in [-0.4, -0.2) is 53.6 Å². The Morgan fingerprint density at radius 2 is 1.42 bits per heavy atom. The van der Waals surface area contributed by atoms with Gasteiger partial charge in [-0.3, -0.25) is 4.79 Å². The number of amides is 2. The van der Waals surface area contributed by atoms with E-state index in [-0.39, 0.29) is 12.0 Å². The lowest BCUT2D eigenvalue weighted by molar-refractivity contribution is -0.138. The highest BCUT2D eigenvalue weighted by Gasteiger charge is 2.33. The maximum absolute atomic E-state index is 12.7. The van der Waals surface area contributed by atoms with Crippen molar-refractivity contribution in [3.05, 3.63) is 0 Å². The average Bonchev–Trinajstić information content (AvgIpc) is 2.53. The van der Waals surface area contributed by atoms with Crippen LogP contribution in [0.3, 0.4) is 0 Å². The summed E-state index contributed by atoms with van der Waals surface area (Å²) in [6.45, 7) is 12.6. The summed E-state index contributed by atoms with van der Waals surface area (Å²) in [5.74, 6) is 1.98. The Morgan fingerprint density at radius 3 is 1.88 bits per heavy atom. The SMILES string of the molecule is CC(C)C1CCC(C(=O)N2CCN(C(=O)OC(C)(C)C)CC2)CC1. The number of hydrogen-bond acceptors (Lipinski definition) is 3. The van der Waals surface area contributed by atoms with Crippen LogP contribution >= 0.6 is 0 Å².